The summed E-state index contributed by atoms with van der Waals surface area (Å²) < 4.78 is 11.2. The van der Waals surface area contributed by atoms with Gasteiger partial charge in [0.05, 0.1) is 50.0 Å². The number of rotatable bonds is 8. The summed E-state index contributed by atoms with van der Waals surface area (Å²) in [5.74, 6) is 1.46. The summed E-state index contributed by atoms with van der Waals surface area (Å²) in [5.41, 5.74) is 4.13. The molecular weight excluding hydrogens is 486 g/mol. The molecule has 2 saturated heterocycles. The van der Waals surface area contributed by atoms with Crippen molar-refractivity contribution in [2.45, 2.75) is 19.4 Å². The lowest BCUT2D eigenvalue weighted by molar-refractivity contribution is -0.111. The molecule has 0 bridgehead atoms. The number of benzene rings is 1. The highest BCUT2D eigenvalue weighted by Gasteiger charge is 2.29. The maximum absolute atomic E-state index is 12.2. The van der Waals surface area contributed by atoms with Gasteiger partial charge in [0.2, 0.25) is 5.91 Å². The number of methoxy groups -OCH3 is 1. The van der Waals surface area contributed by atoms with E-state index in [9.17, 15) is 4.79 Å². The van der Waals surface area contributed by atoms with Gasteiger partial charge in [0, 0.05) is 43.5 Å². The molecule has 2 aliphatic rings. The van der Waals surface area contributed by atoms with Crippen LogP contribution >= 0.6 is 0 Å². The lowest BCUT2D eigenvalue weighted by Crippen LogP contribution is -2.36. The minimum absolute atomic E-state index is 0.00564. The van der Waals surface area contributed by atoms with Gasteiger partial charge >= 0.3 is 0 Å². The highest BCUT2D eigenvalue weighted by Crippen LogP contribution is 2.39. The van der Waals surface area contributed by atoms with Crippen LogP contribution in [0.1, 0.15) is 23.7 Å². The molecule has 5 rings (SSSR count). The number of amides is 1. The lowest BCUT2D eigenvalue weighted by atomic mass is 10.1. The zero-order valence-corrected chi connectivity index (χ0v) is 21.5. The van der Waals surface area contributed by atoms with E-state index in [1.165, 1.54) is 12.4 Å². The van der Waals surface area contributed by atoms with Gasteiger partial charge in [-0.25, -0.2) is 15.0 Å². The predicted molar refractivity (Wildman–Crippen MR) is 145 cm³/mol. The van der Waals surface area contributed by atoms with Crippen LogP contribution in [-0.2, 0) is 14.4 Å². The number of carbonyl (C=O) groups is 1. The van der Waals surface area contributed by atoms with Crippen LogP contribution in [0.25, 0.3) is 0 Å². The SMILES string of the molecule is C=CC(=O)Nc1cc(Nc2cc(N3OCCC3c3ccc(C)nc3)ncn2)c(OC)cc1N1CCOCC1. The van der Waals surface area contributed by atoms with Crippen molar-refractivity contribution in [3.05, 3.63) is 66.8 Å². The maximum Gasteiger partial charge on any atom is 0.247 e. The smallest absolute Gasteiger partial charge is 0.247 e. The second-order valence-corrected chi connectivity index (χ2v) is 8.95. The first-order valence-corrected chi connectivity index (χ1v) is 12.5. The van der Waals surface area contributed by atoms with Crippen molar-refractivity contribution in [1.29, 1.82) is 0 Å². The van der Waals surface area contributed by atoms with Crippen LogP contribution in [0.2, 0.25) is 0 Å². The molecule has 198 valence electrons. The first kappa shape index (κ1) is 25.4. The number of hydrogen-bond donors (Lipinski definition) is 2. The number of anilines is 5. The largest absolute Gasteiger partial charge is 0.494 e. The van der Waals surface area contributed by atoms with Gasteiger partial charge in [0.15, 0.2) is 5.82 Å². The molecule has 1 atom stereocenters. The van der Waals surface area contributed by atoms with E-state index in [4.69, 9.17) is 14.3 Å². The molecule has 11 nitrogen and oxygen atoms in total. The van der Waals surface area contributed by atoms with Crippen LogP contribution in [0, 0.1) is 6.92 Å². The van der Waals surface area contributed by atoms with E-state index in [0.717, 1.165) is 23.4 Å². The van der Waals surface area contributed by atoms with Gasteiger partial charge in [-0.05, 0) is 30.7 Å². The molecule has 38 heavy (non-hydrogen) atoms. The standard InChI is InChI=1S/C27H31N7O4/c1-4-27(35)32-20-13-21(24(36-3)14-23(20)33-8-11-37-12-9-33)31-25-15-26(30-17-29-25)34-22(7-10-38-34)19-6-5-18(2)28-16-19/h4-6,13-17,22H,1,7-12H2,2-3H3,(H,32,35)(H,29,30,31). The summed E-state index contributed by atoms with van der Waals surface area (Å²) >= 11 is 0. The summed E-state index contributed by atoms with van der Waals surface area (Å²) in [6, 6.07) is 9.60. The van der Waals surface area contributed by atoms with Crippen molar-refractivity contribution in [2.75, 3.05) is 60.6 Å². The average Bonchev–Trinajstić information content (AvgIpc) is 3.44. The van der Waals surface area contributed by atoms with Crippen LogP contribution in [0.15, 0.2) is 55.5 Å². The summed E-state index contributed by atoms with van der Waals surface area (Å²) in [4.78, 5) is 33.6. The fourth-order valence-corrected chi connectivity index (χ4v) is 4.53. The van der Waals surface area contributed by atoms with Crippen LogP contribution < -0.4 is 25.3 Å². The van der Waals surface area contributed by atoms with Crippen LogP contribution in [0.4, 0.5) is 28.7 Å². The number of nitrogens with zero attached hydrogens (tertiary/aromatic N) is 5. The Balaban J connectivity index is 1.44. The fourth-order valence-electron chi connectivity index (χ4n) is 4.53. The zero-order chi connectivity index (χ0) is 26.5. The Hall–Kier alpha value is -4.22. The molecular formula is C27H31N7O4. The molecule has 3 aromatic rings. The second-order valence-electron chi connectivity index (χ2n) is 8.95. The van der Waals surface area contributed by atoms with E-state index in [-0.39, 0.29) is 11.9 Å². The van der Waals surface area contributed by atoms with Crippen LogP contribution in [-0.4, -0.2) is 60.9 Å². The molecule has 4 heterocycles. The third kappa shape index (κ3) is 5.53. The van der Waals surface area contributed by atoms with Gasteiger partial charge in [-0.2, -0.15) is 0 Å². The number of nitrogens with one attached hydrogen (secondary N) is 2. The Morgan fingerprint density at radius 3 is 2.71 bits per heavy atom. The molecule has 2 aromatic heterocycles. The van der Waals surface area contributed by atoms with Crippen LogP contribution in [0.3, 0.4) is 0 Å². The van der Waals surface area contributed by atoms with E-state index >= 15 is 0 Å². The first-order chi connectivity index (χ1) is 18.6. The summed E-state index contributed by atoms with van der Waals surface area (Å²) in [7, 11) is 1.61. The van der Waals surface area contributed by atoms with Crippen molar-refractivity contribution in [3.8, 4) is 5.75 Å². The third-order valence-corrected chi connectivity index (χ3v) is 6.48. The van der Waals surface area contributed by atoms with Crippen molar-refractivity contribution in [3.63, 3.8) is 0 Å². The summed E-state index contributed by atoms with van der Waals surface area (Å²) in [6.45, 7) is 8.75. The number of aromatic nitrogens is 3. The van der Waals surface area contributed by atoms with Gasteiger partial charge in [0.1, 0.15) is 17.9 Å². The normalized spacial score (nSPS) is 17.3. The molecule has 0 saturated carbocycles. The number of ether oxygens (including phenoxy) is 2. The number of hydroxylamine groups is 1. The third-order valence-electron chi connectivity index (χ3n) is 6.48. The van der Waals surface area contributed by atoms with Gasteiger partial charge in [-0.3, -0.25) is 14.6 Å². The Morgan fingerprint density at radius 2 is 1.97 bits per heavy atom. The minimum Gasteiger partial charge on any atom is -0.494 e. The van der Waals surface area contributed by atoms with Crippen molar-refractivity contribution < 1.29 is 19.1 Å². The van der Waals surface area contributed by atoms with Crippen LogP contribution in [0.5, 0.6) is 5.75 Å². The van der Waals surface area contributed by atoms with Crippen molar-refractivity contribution in [2.24, 2.45) is 0 Å². The van der Waals surface area contributed by atoms with Gasteiger partial charge in [-0.1, -0.05) is 12.6 Å². The number of hydrogen-bond acceptors (Lipinski definition) is 10. The Kier molecular flexibility index (Phi) is 7.66. The maximum atomic E-state index is 12.2. The summed E-state index contributed by atoms with van der Waals surface area (Å²) in [6.07, 6.45) is 5.43. The molecule has 2 fully saturated rings. The molecule has 1 aromatic carbocycles. The Labute approximate surface area is 221 Å². The lowest BCUT2D eigenvalue weighted by Gasteiger charge is -2.31. The first-order valence-electron chi connectivity index (χ1n) is 12.5. The molecule has 2 N–H and O–H groups in total. The van der Waals surface area contributed by atoms with E-state index in [1.807, 2.05) is 37.4 Å². The molecule has 1 amide bonds. The molecule has 0 aliphatic carbocycles. The minimum atomic E-state index is -0.303. The number of carbonyl (C=O) groups excluding carboxylic acids is 1. The monoisotopic (exact) mass is 517 g/mol. The van der Waals surface area contributed by atoms with Gasteiger partial charge in [-0.15, -0.1) is 0 Å². The molecule has 2 aliphatic heterocycles. The van der Waals surface area contributed by atoms with E-state index in [2.05, 4.69) is 43.1 Å². The molecule has 11 heteroatoms. The Morgan fingerprint density at radius 1 is 1.13 bits per heavy atom. The predicted octanol–water partition coefficient (Wildman–Crippen LogP) is 3.78. The molecule has 1 unspecified atom stereocenters. The average molecular weight is 518 g/mol. The van der Waals surface area contributed by atoms with Gasteiger partial charge < -0.3 is 25.0 Å². The van der Waals surface area contributed by atoms with Gasteiger partial charge in [0.25, 0.3) is 0 Å². The number of morpholine rings is 1. The second kappa shape index (κ2) is 11.4. The zero-order valence-electron chi connectivity index (χ0n) is 21.5. The molecule has 0 radical (unpaired) electrons. The molecule has 0 spiro atoms. The van der Waals surface area contributed by atoms with Crippen molar-refractivity contribution in [1.82, 2.24) is 15.0 Å². The Bertz CT molecular complexity index is 1300. The highest BCUT2D eigenvalue weighted by molar-refractivity contribution is 6.02. The van der Waals surface area contributed by atoms with E-state index in [0.29, 0.717) is 61.7 Å². The number of aryl methyl sites for hydroxylation is 1. The van der Waals surface area contributed by atoms with Crippen molar-refractivity contribution >= 4 is 34.6 Å². The number of pyridine rings is 1. The highest BCUT2D eigenvalue weighted by atomic mass is 16.7. The fraction of sp³-hybridized carbons (Fsp3) is 0.333. The topological polar surface area (TPSA) is 114 Å². The van der Waals surface area contributed by atoms with E-state index < -0.39 is 0 Å². The quantitative estimate of drug-likeness (QED) is 0.428. The summed E-state index contributed by atoms with van der Waals surface area (Å²) in [5, 5.41) is 8.04. The van der Waals surface area contributed by atoms with E-state index in [1.54, 1.807) is 12.2 Å².